The number of rotatable bonds is 7. The Hall–Kier alpha value is -4.43. The molecule has 0 radical (unpaired) electrons. The summed E-state index contributed by atoms with van der Waals surface area (Å²) in [4.78, 5) is 30.4. The fourth-order valence-corrected chi connectivity index (χ4v) is 4.43. The average molecular weight is 480 g/mol. The molecule has 2 amide bonds. The summed E-state index contributed by atoms with van der Waals surface area (Å²) in [6.45, 7) is 0.0140. The average Bonchev–Trinajstić information content (AvgIpc) is 3.42. The largest absolute Gasteiger partial charge is 0.395 e. The summed E-state index contributed by atoms with van der Waals surface area (Å²) in [7, 11) is 0. The van der Waals surface area contributed by atoms with Crippen LogP contribution < -0.4 is 10.2 Å². The van der Waals surface area contributed by atoms with Crippen LogP contribution in [0.15, 0.2) is 79.1 Å². The molecule has 3 N–H and O–H groups in total. The van der Waals surface area contributed by atoms with Gasteiger partial charge in [0.2, 0.25) is 0 Å². The first kappa shape index (κ1) is 22.1. The smallest absolute Gasteiger partial charge is 0.258 e. The van der Waals surface area contributed by atoms with Crippen LogP contribution in [0.4, 0.5) is 5.69 Å². The van der Waals surface area contributed by atoms with Crippen LogP contribution in [-0.2, 0) is 0 Å². The van der Waals surface area contributed by atoms with Gasteiger partial charge in [-0.2, -0.15) is 5.10 Å². The van der Waals surface area contributed by atoms with Crippen molar-refractivity contribution in [1.29, 1.82) is 0 Å². The minimum Gasteiger partial charge on any atom is -0.395 e. The van der Waals surface area contributed by atoms with E-state index in [9.17, 15) is 14.7 Å². The molecule has 6 rings (SSSR count). The number of aromatic nitrogens is 3. The van der Waals surface area contributed by atoms with Crippen molar-refractivity contribution in [3.05, 3.63) is 90.3 Å². The number of hydrogen-bond acceptors (Lipinski definition) is 4. The maximum Gasteiger partial charge on any atom is 0.258 e. The van der Waals surface area contributed by atoms with Crippen molar-refractivity contribution < 1.29 is 14.7 Å². The summed E-state index contributed by atoms with van der Waals surface area (Å²) in [5.74, 6) is -0.240. The second-order valence-electron chi connectivity index (χ2n) is 9.05. The third-order valence-corrected chi connectivity index (χ3v) is 6.52. The molecule has 0 spiro atoms. The predicted octanol–water partition coefficient (Wildman–Crippen LogP) is 4.04. The Morgan fingerprint density at radius 2 is 1.81 bits per heavy atom. The fraction of sp³-hybridized carbons (Fsp3) is 0.179. The molecule has 1 aliphatic carbocycles. The molecule has 2 heterocycles. The van der Waals surface area contributed by atoms with Crippen LogP contribution in [0, 0.1) is 0 Å². The second kappa shape index (κ2) is 8.98. The highest BCUT2D eigenvalue weighted by atomic mass is 16.3. The van der Waals surface area contributed by atoms with E-state index in [1.165, 1.54) is 0 Å². The van der Waals surface area contributed by atoms with Gasteiger partial charge in [0.25, 0.3) is 11.8 Å². The highest BCUT2D eigenvalue weighted by molar-refractivity contribution is 6.08. The number of nitrogens with zero attached hydrogens (tertiary/aromatic N) is 3. The molecule has 3 aromatic carbocycles. The van der Waals surface area contributed by atoms with Gasteiger partial charge in [0, 0.05) is 46.5 Å². The molecule has 2 aromatic heterocycles. The fourth-order valence-electron chi connectivity index (χ4n) is 4.43. The van der Waals surface area contributed by atoms with Gasteiger partial charge in [0.05, 0.1) is 24.0 Å². The number of H-pyrrole nitrogens is 1. The Morgan fingerprint density at radius 1 is 1.00 bits per heavy atom. The zero-order valence-corrected chi connectivity index (χ0v) is 19.5. The van der Waals surface area contributed by atoms with Crippen molar-refractivity contribution >= 4 is 39.3 Å². The Bertz CT molecular complexity index is 1580. The lowest BCUT2D eigenvalue weighted by atomic mass is 10.1. The molecule has 1 aliphatic rings. The Balaban J connectivity index is 1.28. The molecule has 1 fully saturated rings. The number of nitrogens with one attached hydrogen (secondary N) is 2. The summed E-state index contributed by atoms with van der Waals surface area (Å²) < 4.78 is 1.80. The number of anilines is 1. The molecule has 36 heavy (non-hydrogen) atoms. The minimum absolute atomic E-state index is 0.0527. The highest BCUT2D eigenvalue weighted by Crippen LogP contribution is 2.26. The number of fused-ring (bicyclic) bond motifs is 2. The van der Waals surface area contributed by atoms with Crippen LogP contribution in [0.5, 0.6) is 0 Å². The van der Waals surface area contributed by atoms with Gasteiger partial charge in [-0.25, -0.2) is 4.68 Å². The van der Waals surface area contributed by atoms with E-state index in [2.05, 4.69) is 15.4 Å². The van der Waals surface area contributed by atoms with Crippen LogP contribution in [-0.4, -0.2) is 50.9 Å². The predicted molar refractivity (Wildman–Crippen MR) is 139 cm³/mol. The first-order chi connectivity index (χ1) is 17.6. The lowest BCUT2D eigenvalue weighted by Crippen LogP contribution is -2.33. The van der Waals surface area contributed by atoms with Gasteiger partial charge in [0.1, 0.15) is 0 Å². The van der Waals surface area contributed by atoms with Gasteiger partial charge in [-0.3, -0.25) is 9.59 Å². The van der Waals surface area contributed by atoms with E-state index in [0.717, 1.165) is 40.3 Å². The quantitative estimate of drug-likeness (QED) is 0.328. The van der Waals surface area contributed by atoms with Gasteiger partial charge in [-0.1, -0.05) is 6.07 Å². The molecule has 0 aliphatic heterocycles. The van der Waals surface area contributed by atoms with Crippen molar-refractivity contribution in [2.75, 3.05) is 18.1 Å². The first-order valence-corrected chi connectivity index (χ1v) is 12.0. The maximum atomic E-state index is 13.4. The summed E-state index contributed by atoms with van der Waals surface area (Å²) in [5.41, 5.74) is 4.44. The Morgan fingerprint density at radius 3 is 2.58 bits per heavy atom. The van der Waals surface area contributed by atoms with Crippen molar-refractivity contribution in [1.82, 2.24) is 20.1 Å². The zero-order chi connectivity index (χ0) is 24.6. The second-order valence-corrected chi connectivity index (χ2v) is 9.05. The van der Waals surface area contributed by atoms with E-state index < -0.39 is 0 Å². The van der Waals surface area contributed by atoms with Crippen molar-refractivity contribution in [3.63, 3.8) is 0 Å². The van der Waals surface area contributed by atoms with Crippen molar-refractivity contribution in [2.45, 2.75) is 18.9 Å². The topological polar surface area (TPSA) is 103 Å². The number of aliphatic hydroxyl groups excluding tert-OH is 1. The minimum atomic E-state index is -0.188. The summed E-state index contributed by atoms with van der Waals surface area (Å²) >= 11 is 0. The number of hydrogen-bond donors (Lipinski definition) is 3. The molecule has 0 saturated heterocycles. The zero-order valence-electron chi connectivity index (χ0n) is 19.5. The molecular formula is C28H25N5O3. The molecule has 5 aromatic rings. The van der Waals surface area contributed by atoms with Crippen LogP contribution in [0.2, 0.25) is 0 Å². The number of aromatic amines is 1. The van der Waals surface area contributed by atoms with Crippen molar-refractivity contribution in [3.8, 4) is 5.69 Å². The molecule has 180 valence electrons. The van der Waals surface area contributed by atoms with E-state index in [1.54, 1.807) is 34.0 Å². The maximum absolute atomic E-state index is 13.4. The molecule has 8 nitrogen and oxygen atoms in total. The summed E-state index contributed by atoms with van der Waals surface area (Å²) in [6, 6.07) is 20.8. The van der Waals surface area contributed by atoms with Crippen LogP contribution in [0.3, 0.4) is 0 Å². The van der Waals surface area contributed by atoms with Crippen LogP contribution in [0.25, 0.3) is 27.5 Å². The molecule has 1 saturated carbocycles. The van der Waals surface area contributed by atoms with E-state index in [0.29, 0.717) is 22.9 Å². The molecule has 0 unspecified atom stereocenters. The van der Waals surface area contributed by atoms with E-state index in [4.69, 9.17) is 0 Å². The highest BCUT2D eigenvalue weighted by Gasteiger charge is 2.24. The van der Waals surface area contributed by atoms with Gasteiger partial charge in [-0.15, -0.1) is 0 Å². The molecule has 8 heteroatoms. The molecule has 0 bridgehead atoms. The standard InChI is InChI=1S/C28H25N5O3/c34-14-13-32(28(36)20-2-1-18-11-12-29-25(18)16-20)24-9-10-26-21(15-24)17-30-33(26)23-7-3-19(4-8-23)27(35)31-22-5-6-22/h1-4,7-12,15-17,22,29,34H,5-6,13-14H2,(H,31,35). The van der Waals surface area contributed by atoms with Gasteiger partial charge < -0.3 is 20.3 Å². The molecule has 0 atom stereocenters. The van der Waals surface area contributed by atoms with Crippen LogP contribution >= 0.6 is 0 Å². The van der Waals surface area contributed by atoms with Gasteiger partial charge >= 0.3 is 0 Å². The normalized spacial score (nSPS) is 13.2. The van der Waals surface area contributed by atoms with Crippen LogP contribution in [0.1, 0.15) is 33.6 Å². The SMILES string of the molecule is O=C(NC1CC1)c1ccc(-n2ncc3cc(N(CCO)C(=O)c4ccc5cc[nH]c5c4)ccc32)cc1. The summed E-state index contributed by atoms with van der Waals surface area (Å²) in [6.07, 6.45) is 5.69. The third-order valence-electron chi connectivity index (χ3n) is 6.52. The Labute approximate surface area is 207 Å². The first-order valence-electron chi connectivity index (χ1n) is 12.0. The van der Waals surface area contributed by atoms with E-state index in [1.807, 2.05) is 54.7 Å². The Kier molecular flexibility index (Phi) is 5.50. The van der Waals surface area contributed by atoms with E-state index in [-0.39, 0.29) is 25.0 Å². The van der Waals surface area contributed by atoms with Gasteiger partial charge in [0.15, 0.2) is 0 Å². The molecular weight excluding hydrogens is 454 g/mol. The summed E-state index contributed by atoms with van der Waals surface area (Å²) in [5, 5.41) is 19.1. The monoisotopic (exact) mass is 479 g/mol. The van der Waals surface area contributed by atoms with E-state index >= 15 is 0 Å². The van der Waals surface area contributed by atoms with Crippen molar-refractivity contribution in [2.24, 2.45) is 0 Å². The number of carbonyl (C=O) groups excluding carboxylic acids is 2. The number of carbonyl (C=O) groups is 2. The third kappa shape index (κ3) is 4.12. The van der Waals surface area contributed by atoms with Gasteiger partial charge in [-0.05, 0) is 78.9 Å². The lowest BCUT2D eigenvalue weighted by Gasteiger charge is -2.22. The lowest BCUT2D eigenvalue weighted by molar-refractivity contribution is 0.0949. The number of aliphatic hydroxyl groups is 1. The number of benzene rings is 3. The number of amides is 2.